The summed E-state index contributed by atoms with van der Waals surface area (Å²) in [5, 5.41) is 13.7. The van der Waals surface area contributed by atoms with E-state index in [1.165, 1.54) is 0 Å². The van der Waals surface area contributed by atoms with E-state index in [2.05, 4.69) is 17.2 Å². The van der Waals surface area contributed by atoms with Crippen LogP contribution in [0.1, 0.15) is 36.5 Å². The number of carbonyl (C=O) groups is 1. The molecule has 0 saturated heterocycles. The second-order valence-electron chi connectivity index (χ2n) is 4.92. The maximum Gasteiger partial charge on any atom is 0.288 e. The van der Waals surface area contributed by atoms with Crippen molar-refractivity contribution in [3.63, 3.8) is 0 Å². The number of aromatic nitrogens is 1. The predicted molar refractivity (Wildman–Crippen MR) is 69.9 cm³/mol. The summed E-state index contributed by atoms with van der Waals surface area (Å²) in [6, 6.07) is 1.16. The first-order valence-corrected chi connectivity index (χ1v) is 6.15. The van der Waals surface area contributed by atoms with Gasteiger partial charge in [0.25, 0.3) is 11.6 Å². The van der Waals surface area contributed by atoms with Crippen LogP contribution in [0.25, 0.3) is 0 Å². The lowest BCUT2D eigenvalue weighted by molar-refractivity contribution is -0.385. The lowest BCUT2D eigenvalue weighted by Crippen LogP contribution is -2.20. The maximum atomic E-state index is 11.3. The first-order chi connectivity index (χ1) is 8.97. The summed E-state index contributed by atoms with van der Waals surface area (Å²) in [5.41, 5.74) is 5.32. The fourth-order valence-corrected chi connectivity index (χ4v) is 1.99. The molecule has 1 saturated carbocycles. The van der Waals surface area contributed by atoms with Gasteiger partial charge in [-0.3, -0.25) is 14.9 Å². The minimum absolute atomic E-state index is 0.0566. The van der Waals surface area contributed by atoms with Crippen molar-refractivity contribution in [1.29, 1.82) is 0 Å². The third-order valence-corrected chi connectivity index (χ3v) is 3.69. The maximum absolute atomic E-state index is 11.3. The zero-order valence-electron chi connectivity index (χ0n) is 10.7. The number of carbonyl (C=O) groups excluding carboxylic acids is 1. The third kappa shape index (κ3) is 2.81. The Labute approximate surface area is 110 Å². The molecule has 2 rings (SSSR count). The van der Waals surface area contributed by atoms with Gasteiger partial charge in [0.2, 0.25) is 0 Å². The smallest absolute Gasteiger partial charge is 0.288 e. The molecule has 1 aromatic rings. The molecule has 0 aliphatic heterocycles. The summed E-state index contributed by atoms with van der Waals surface area (Å²) < 4.78 is 0. The van der Waals surface area contributed by atoms with E-state index in [1.54, 1.807) is 0 Å². The lowest BCUT2D eigenvalue weighted by Gasteiger charge is -2.15. The van der Waals surface area contributed by atoms with Crippen molar-refractivity contribution in [3.8, 4) is 0 Å². The second kappa shape index (κ2) is 4.83. The van der Waals surface area contributed by atoms with Crippen LogP contribution in [0.2, 0.25) is 0 Å². The lowest BCUT2D eigenvalue weighted by atomic mass is 10.0. The van der Waals surface area contributed by atoms with Crippen LogP contribution >= 0.6 is 0 Å². The van der Waals surface area contributed by atoms with Crippen molar-refractivity contribution in [2.75, 3.05) is 11.9 Å². The first-order valence-electron chi connectivity index (χ1n) is 6.15. The molecule has 1 heterocycles. The summed E-state index contributed by atoms with van der Waals surface area (Å²) in [7, 11) is 0. The number of primary amides is 1. The van der Waals surface area contributed by atoms with E-state index >= 15 is 0 Å². The van der Waals surface area contributed by atoms with E-state index in [1.807, 2.05) is 0 Å². The Morgan fingerprint density at radius 1 is 1.63 bits per heavy atom. The van der Waals surface area contributed by atoms with Gasteiger partial charge >= 0.3 is 0 Å². The second-order valence-corrected chi connectivity index (χ2v) is 4.92. The van der Waals surface area contributed by atoms with Gasteiger partial charge in [0, 0.05) is 12.6 Å². The number of amides is 1. The third-order valence-electron chi connectivity index (χ3n) is 3.69. The van der Waals surface area contributed by atoms with Gasteiger partial charge in [0.1, 0.15) is 12.0 Å². The highest BCUT2D eigenvalue weighted by Gasteiger charge is 2.40. The quantitative estimate of drug-likeness (QED) is 0.600. The minimum atomic E-state index is -0.722. The van der Waals surface area contributed by atoms with Crippen molar-refractivity contribution < 1.29 is 9.72 Å². The highest BCUT2D eigenvalue weighted by molar-refractivity contribution is 5.98. The number of nitrogens with two attached hydrogens (primary N) is 1. The molecule has 0 spiro atoms. The number of nitrogens with one attached hydrogen (secondary N) is 1. The number of hydrogen-bond acceptors (Lipinski definition) is 5. The standard InChI is InChI=1S/C12H16N4O3/c1-2-12(3-4-12)7-15-11-9(10(13)17)5-8(6-14-11)16(18)19/h5-6H,2-4,7H2,1H3,(H2,13,17)(H,14,15). The largest absolute Gasteiger partial charge is 0.369 e. The van der Waals surface area contributed by atoms with Gasteiger partial charge in [-0.1, -0.05) is 6.92 Å². The normalized spacial score (nSPS) is 15.8. The molecular formula is C12H16N4O3. The number of anilines is 1. The van der Waals surface area contributed by atoms with Gasteiger partial charge in [-0.15, -0.1) is 0 Å². The van der Waals surface area contributed by atoms with E-state index in [0.29, 0.717) is 12.4 Å². The van der Waals surface area contributed by atoms with E-state index < -0.39 is 10.8 Å². The Balaban J connectivity index is 2.19. The summed E-state index contributed by atoms with van der Waals surface area (Å²) >= 11 is 0. The van der Waals surface area contributed by atoms with E-state index in [4.69, 9.17) is 5.73 Å². The van der Waals surface area contributed by atoms with Crippen LogP contribution < -0.4 is 11.1 Å². The Morgan fingerprint density at radius 3 is 2.79 bits per heavy atom. The molecule has 7 heteroatoms. The van der Waals surface area contributed by atoms with Crippen molar-refractivity contribution in [1.82, 2.24) is 4.98 Å². The van der Waals surface area contributed by atoms with E-state index in [9.17, 15) is 14.9 Å². The average Bonchev–Trinajstić information content (AvgIpc) is 3.16. The molecule has 0 atom stereocenters. The molecule has 0 bridgehead atoms. The van der Waals surface area contributed by atoms with Crippen molar-refractivity contribution in [2.24, 2.45) is 11.1 Å². The van der Waals surface area contributed by atoms with Gasteiger partial charge in [-0.05, 0) is 24.7 Å². The molecule has 1 amide bonds. The molecular weight excluding hydrogens is 248 g/mol. The molecule has 1 fully saturated rings. The van der Waals surface area contributed by atoms with Crippen LogP contribution in [-0.2, 0) is 0 Å². The first kappa shape index (κ1) is 13.3. The zero-order chi connectivity index (χ0) is 14.0. The molecule has 0 aromatic carbocycles. The summed E-state index contributed by atoms with van der Waals surface area (Å²) in [6.07, 6.45) is 4.48. The van der Waals surface area contributed by atoms with Gasteiger partial charge < -0.3 is 11.1 Å². The van der Waals surface area contributed by atoms with E-state index in [0.717, 1.165) is 31.5 Å². The van der Waals surface area contributed by atoms with Crippen molar-refractivity contribution >= 4 is 17.4 Å². The van der Waals surface area contributed by atoms with Crippen LogP contribution in [-0.4, -0.2) is 22.4 Å². The van der Waals surface area contributed by atoms with Crippen LogP contribution in [0.4, 0.5) is 11.5 Å². The molecule has 1 aromatic heterocycles. The highest BCUT2D eigenvalue weighted by atomic mass is 16.6. The van der Waals surface area contributed by atoms with Crippen LogP contribution in [0.15, 0.2) is 12.3 Å². The Hall–Kier alpha value is -2.18. The van der Waals surface area contributed by atoms with Gasteiger partial charge in [0.15, 0.2) is 0 Å². The molecule has 1 aliphatic rings. The fourth-order valence-electron chi connectivity index (χ4n) is 1.99. The number of nitrogens with zero attached hydrogens (tertiary/aromatic N) is 2. The summed E-state index contributed by atoms with van der Waals surface area (Å²) in [6.45, 7) is 2.82. The molecule has 102 valence electrons. The molecule has 0 unspecified atom stereocenters. The predicted octanol–water partition coefficient (Wildman–Crippen LogP) is 1.69. The van der Waals surface area contributed by atoms with Gasteiger partial charge in [-0.2, -0.15) is 0 Å². The van der Waals surface area contributed by atoms with Crippen molar-refractivity contribution in [3.05, 3.63) is 27.9 Å². The number of nitro groups is 1. The summed E-state index contributed by atoms with van der Waals surface area (Å²) in [5.74, 6) is -0.405. The molecule has 0 radical (unpaired) electrons. The van der Waals surface area contributed by atoms with Crippen LogP contribution in [0, 0.1) is 15.5 Å². The van der Waals surface area contributed by atoms with Gasteiger partial charge in [-0.25, -0.2) is 4.98 Å². The van der Waals surface area contributed by atoms with Crippen LogP contribution in [0.3, 0.4) is 0 Å². The van der Waals surface area contributed by atoms with Gasteiger partial charge in [0.05, 0.1) is 10.5 Å². The molecule has 1 aliphatic carbocycles. The summed E-state index contributed by atoms with van der Waals surface area (Å²) in [4.78, 5) is 25.3. The number of rotatable bonds is 6. The zero-order valence-corrected chi connectivity index (χ0v) is 10.7. The highest BCUT2D eigenvalue weighted by Crippen LogP contribution is 2.48. The number of pyridine rings is 1. The topological polar surface area (TPSA) is 111 Å². The molecule has 19 heavy (non-hydrogen) atoms. The van der Waals surface area contributed by atoms with E-state index in [-0.39, 0.29) is 16.7 Å². The minimum Gasteiger partial charge on any atom is -0.369 e. The SMILES string of the molecule is CCC1(CNc2ncc([N+](=O)[O-])cc2C(N)=O)CC1. The fraction of sp³-hybridized carbons (Fsp3) is 0.500. The number of hydrogen-bond donors (Lipinski definition) is 2. The average molecular weight is 264 g/mol. The van der Waals surface area contributed by atoms with Crippen molar-refractivity contribution in [2.45, 2.75) is 26.2 Å². The Morgan fingerprint density at radius 2 is 2.32 bits per heavy atom. The Kier molecular flexibility index (Phi) is 3.37. The Bertz CT molecular complexity index is 526. The monoisotopic (exact) mass is 264 g/mol. The molecule has 3 N–H and O–H groups in total. The van der Waals surface area contributed by atoms with Crippen LogP contribution in [0.5, 0.6) is 0 Å². The molecule has 7 nitrogen and oxygen atoms in total.